The van der Waals surface area contributed by atoms with Crippen molar-refractivity contribution in [1.29, 1.82) is 0 Å². The monoisotopic (exact) mass is 664 g/mol. The molecular formula is C39H52O2Si4. The summed E-state index contributed by atoms with van der Waals surface area (Å²) in [5.74, 6) is 2.35. The van der Waals surface area contributed by atoms with Gasteiger partial charge in [0.1, 0.15) is 11.5 Å². The standard InChI is InChI=1S/C39H52O2Si4/c1-39(2,31-25-33(42(3)4)37(34(26-31)43(5)6)40-23-21-29-17-13-11-14-18-29)32-27-35(44(7)8)38(36(28-32)45(9)10)41-24-22-30-19-15-12-16-20-30/h11-20,25-28H,21-24H2,1-10H3. The van der Waals surface area contributed by atoms with Crippen molar-refractivity contribution in [2.75, 3.05) is 13.2 Å². The summed E-state index contributed by atoms with van der Waals surface area (Å²) < 4.78 is 13.4. The fourth-order valence-corrected chi connectivity index (χ4v) is 10.4. The molecule has 0 spiro atoms. The molecule has 0 amide bonds. The van der Waals surface area contributed by atoms with E-state index >= 15 is 0 Å². The summed E-state index contributed by atoms with van der Waals surface area (Å²) in [5.41, 5.74) is 5.35. The third-order valence-electron chi connectivity index (χ3n) is 8.74. The van der Waals surface area contributed by atoms with E-state index in [1.165, 1.54) is 54.5 Å². The average molecular weight is 665 g/mol. The third kappa shape index (κ3) is 8.79. The van der Waals surface area contributed by atoms with Crippen LogP contribution in [0.15, 0.2) is 84.9 Å². The minimum absolute atomic E-state index is 0.137. The highest BCUT2D eigenvalue weighted by Gasteiger charge is 2.30. The number of hydrogen-bond acceptors (Lipinski definition) is 2. The van der Waals surface area contributed by atoms with Gasteiger partial charge in [-0.3, -0.25) is 0 Å². The Labute approximate surface area is 280 Å². The maximum atomic E-state index is 6.70. The maximum absolute atomic E-state index is 6.70. The van der Waals surface area contributed by atoms with Crippen LogP contribution in [0.2, 0.25) is 52.4 Å². The molecule has 4 aromatic carbocycles. The first-order valence-electron chi connectivity index (χ1n) is 16.3. The van der Waals surface area contributed by atoms with Crippen LogP contribution < -0.4 is 30.2 Å². The molecule has 0 unspecified atom stereocenters. The van der Waals surface area contributed by atoms with Crippen LogP contribution in [-0.2, 0) is 18.3 Å². The van der Waals surface area contributed by atoms with Crippen molar-refractivity contribution in [3.63, 3.8) is 0 Å². The second-order valence-corrected chi connectivity index (χ2v) is 23.7. The second-order valence-electron chi connectivity index (χ2n) is 13.6. The van der Waals surface area contributed by atoms with E-state index in [0.717, 1.165) is 12.8 Å². The summed E-state index contributed by atoms with van der Waals surface area (Å²) in [6.07, 6.45) is 1.86. The normalized spacial score (nSPS) is 12.0. The smallest absolute Gasteiger partial charge is 0.117 e. The Hall–Kier alpha value is -2.65. The van der Waals surface area contributed by atoms with Gasteiger partial charge in [0, 0.05) is 18.3 Å². The fraction of sp³-hybridized carbons (Fsp3) is 0.385. The van der Waals surface area contributed by atoms with Crippen LogP contribution in [0, 0.1) is 0 Å². The van der Waals surface area contributed by atoms with Gasteiger partial charge in [-0.2, -0.15) is 0 Å². The molecule has 0 saturated carbocycles. The summed E-state index contributed by atoms with van der Waals surface area (Å²) in [4.78, 5) is 0. The Kier molecular flexibility index (Phi) is 12.3. The maximum Gasteiger partial charge on any atom is 0.117 e. The third-order valence-corrected chi connectivity index (χ3v) is 14.5. The lowest BCUT2D eigenvalue weighted by Crippen LogP contribution is -2.40. The fourth-order valence-electron chi connectivity index (χ4n) is 5.77. The van der Waals surface area contributed by atoms with E-state index in [1.54, 1.807) is 0 Å². The molecule has 4 rings (SSSR count). The molecule has 45 heavy (non-hydrogen) atoms. The Bertz CT molecular complexity index is 1360. The highest BCUT2D eigenvalue weighted by Crippen LogP contribution is 2.32. The molecule has 0 N–H and O–H groups in total. The molecule has 4 radical (unpaired) electrons. The van der Waals surface area contributed by atoms with Gasteiger partial charge in [0.2, 0.25) is 0 Å². The van der Waals surface area contributed by atoms with E-state index in [0.29, 0.717) is 13.2 Å². The van der Waals surface area contributed by atoms with E-state index in [2.05, 4.69) is 151 Å². The molecule has 0 aliphatic carbocycles. The molecule has 4 aromatic rings. The van der Waals surface area contributed by atoms with Crippen molar-refractivity contribution in [3.8, 4) is 11.5 Å². The van der Waals surface area contributed by atoms with Gasteiger partial charge in [-0.05, 0) is 43.0 Å². The lowest BCUT2D eigenvalue weighted by atomic mass is 9.78. The molecule has 0 aromatic heterocycles. The minimum atomic E-state index is -0.755. The first kappa shape index (κ1) is 35.2. The zero-order chi connectivity index (χ0) is 32.7. The van der Waals surface area contributed by atoms with Crippen LogP contribution in [0.4, 0.5) is 0 Å². The van der Waals surface area contributed by atoms with Gasteiger partial charge in [-0.1, -0.05) is 151 Å². The van der Waals surface area contributed by atoms with Gasteiger partial charge in [-0.15, -0.1) is 0 Å². The Morgan fingerprint density at radius 2 is 0.756 bits per heavy atom. The molecular weight excluding hydrogens is 613 g/mol. The largest absolute Gasteiger partial charge is 0.494 e. The number of hydrogen-bond donors (Lipinski definition) is 0. The minimum Gasteiger partial charge on any atom is -0.494 e. The quantitative estimate of drug-likeness (QED) is 0.134. The van der Waals surface area contributed by atoms with Crippen LogP contribution in [-0.4, -0.2) is 48.4 Å². The van der Waals surface area contributed by atoms with Gasteiger partial charge in [0.25, 0.3) is 0 Å². The lowest BCUT2D eigenvalue weighted by molar-refractivity contribution is 0.326. The zero-order valence-corrected chi connectivity index (χ0v) is 33.2. The number of ether oxygens (including phenoxy) is 2. The van der Waals surface area contributed by atoms with Crippen LogP contribution in [0.3, 0.4) is 0 Å². The van der Waals surface area contributed by atoms with Gasteiger partial charge >= 0.3 is 0 Å². The molecule has 0 atom stereocenters. The Balaban J connectivity index is 1.72. The summed E-state index contributed by atoms with van der Waals surface area (Å²) >= 11 is 0. The number of benzene rings is 4. The first-order valence-corrected chi connectivity index (χ1v) is 26.3. The van der Waals surface area contributed by atoms with E-state index < -0.39 is 35.2 Å². The molecule has 6 heteroatoms. The first-order chi connectivity index (χ1) is 21.4. The average Bonchev–Trinajstić information content (AvgIpc) is 3.01. The highest BCUT2D eigenvalue weighted by atomic mass is 28.3. The molecule has 0 fully saturated rings. The van der Waals surface area contributed by atoms with E-state index in [4.69, 9.17) is 9.47 Å². The predicted octanol–water partition coefficient (Wildman–Crippen LogP) is 7.10. The van der Waals surface area contributed by atoms with Crippen LogP contribution in [0.1, 0.15) is 36.1 Å². The SMILES string of the molecule is C[Si](C)c1cc(C(C)(C)c2cc([Si](C)C)c(OCCc3ccccc3)c([Si](C)C)c2)cc([Si](C)C)c1OCCc1ccccc1. The van der Waals surface area contributed by atoms with E-state index in [9.17, 15) is 0 Å². The molecule has 236 valence electrons. The summed E-state index contributed by atoms with van der Waals surface area (Å²) in [6, 6.07) is 31.4. The van der Waals surface area contributed by atoms with Gasteiger partial charge < -0.3 is 9.47 Å². The van der Waals surface area contributed by atoms with Crippen LogP contribution in [0.5, 0.6) is 11.5 Å². The topological polar surface area (TPSA) is 18.5 Å². The van der Waals surface area contributed by atoms with Crippen molar-refractivity contribution in [2.24, 2.45) is 0 Å². The predicted molar refractivity (Wildman–Crippen MR) is 205 cm³/mol. The summed E-state index contributed by atoms with van der Waals surface area (Å²) in [6.45, 7) is 25.5. The molecule has 0 bridgehead atoms. The van der Waals surface area contributed by atoms with Crippen molar-refractivity contribution in [2.45, 2.75) is 84.5 Å². The molecule has 0 saturated heterocycles. The zero-order valence-electron chi connectivity index (χ0n) is 29.2. The molecule has 2 nitrogen and oxygen atoms in total. The van der Waals surface area contributed by atoms with Crippen molar-refractivity contribution in [1.82, 2.24) is 0 Å². The van der Waals surface area contributed by atoms with Crippen molar-refractivity contribution >= 4 is 55.9 Å². The van der Waals surface area contributed by atoms with Gasteiger partial charge in [0.15, 0.2) is 0 Å². The van der Waals surface area contributed by atoms with Crippen LogP contribution in [0.25, 0.3) is 0 Å². The summed E-state index contributed by atoms with van der Waals surface area (Å²) in [5, 5.41) is 5.75. The lowest BCUT2D eigenvalue weighted by Gasteiger charge is -2.32. The van der Waals surface area contributed by atoms with Gasteiger partial charge in [0.05, 0.1) is 48.4 Å². The number of rotatable bonds is 14. The van der Waals surface area contributed by atoms with Crippen molar-refractivity contribution < 1.29 is 9.47 Å². The van der Waals surface area contributed by atoms with Gasteiger partial charge in [-0.25, -0.2) is 0 Å². The molecule has 0 heterocycles. The Morgan fingerprint density at radius 1 is 0.467 bits per heavy atom. The van der Waals surface area contributed by atoms with E-state index in [-0.39, 0.29) is 5.41 Å². The Morgan fingerprint density at radius 3 is 1.02 bits per heavy atom. The highest BCUT2D eigenvalue weighted by molar-refractivity contribution is 6.76. The van der Waals surface area contributed by atoms with E-state index in [1.807, 2.05) is 0 Å². The van der Waals surface area contributed by atoms with Crippen LogP contribution >= 0.6 is 0 Å². The molecule has 0 aliphatic rings. The second kappa shape index (κ2) is 15.8. The van der Waals surface area contributed by atoms with Crippen molar-refractivity contribution in [3.05, 3.63) is 107 Å². The molecule has 0 aliphatic heterocycles. The summed E-state index contributed by atoms with van der Waals surface area (Å²) in [7, 11) is -3.02.